The van der Waals surface area contributed by atoms with Crippen molar-refractivity contribution in [1.29, 1.82) is 0 Å². The summed E-state index contributed by atoms with van der Waals surface area (Å²) in [6.45, 7) is 1.84. The molecule has 1 N–H and O–H groups in total. The van der Waals surface area contributed by atoms with Crippen LogP contribution >= 0.6 is 0 Å². The lowest BCUT2D eigenvalue weighted by atomic mass is 10.1. The van der Waals surface area contributed by atoms with Crippen LogP contribution in [0.1, 0.15) is 21.7 Å². The Morgan fingerprint density at radius 2 is 1.77 bits per heavy atom. The molecule has 0 aliphatic carbocycles. The lowest BCUT2D eigenvalue weighted by molar-refractivity contribution is 0.104. The van der Waals surface area contributed by atoms with E-state index in [0.29, 0.717) is 23.0 Å². The van der Waals surface area contributed by atoms with E-state index >= 15 is 0 Å². The molecule has 1 heterocycles. The Morgan fingerprint density at radius 3 is 2.46 bits per heavy atom. The van der Waals surface area contributed by atoms with Crippen molar-refractivity contribution in [3.05, 3.63) is 71.6 Å². The number of benzene rings is 2. The molecular formula is C21H20N2O3. The van der Waals surface area contributed by atoms with Crippen molar-refractivity contribution < 1.29 is 14.3 Å². The average Bonchev–Trinajstić information content (AvgIpc) is 3.08. The van der Waals surface area contributed by atoms with E-state index in [2.05, 4.69) is 9.97 Å². The zero-order chi connectivity index (χ0) is 18.5. The lowest BCUT2D eigenvalue weighted by Gasteiger charge is -2.07. The number of methoxy groups -OCH3 is 2. The topological polar surface area (TPSA) is 64.2 Å². The molecule has 0 unspecified atom stereocenters. The molecule has 0 aliphatic rings. The highest BCUT2D eigenvalue weighted by Crippen LogP contribution is 2.28. The number of imidazole rings is 1. The minimum absolute atomic E-state index is 0.157. The van der Waals surface area contributed by atoms with Crippen molar-refractivity contribution in [2.75, 3.05) is 14.2 Å². The van der Waals surface area contributed by atoms with E-state index < -0.39 is 0 Å². The van der Waals surface area contributed by atoms with Crippen LogP contribution in [0.25, 0.3) is 17.5 Å². The van der Waals surface area contributed by atoms with Crippen LogP contribution in [0.3, 0.4) is 0 Å². The molecule has 0 bridgehead atoms. The van der Waals surface area contributed by atoms with E-state index in [-0.39, 0.29) is 5.78 Å². The van der Waals surface area contributed by atoms with Gasteiger partial charge in [-0.15, -0.1) is 0 Å². The number of nitrogens with zero attached hydrogens (tertiary/aromatic N) is 1. The molecule has 26 heavy (non-hydrogen) atoms. The number of ether oxygens (including phenoxy) is 2. The van der Waals surface area contributed by atoms with Crippen molar-refractivity contribution in [2.45, 2.75) is 6.92 Å². The molecule has 3 aromatic rings. The second-order valence-electron chi connectivity index (χ2n) is 5.74. The predicted octanol–water partition coefficient (Wildman–Crippen LogP) is 4.30. The van der Waals surface area contributed by atoms with E-state index in [1.54, 1.807) is 26.4 Å². The second kappa shape index (κ2) is 7.70. The van der Waals surface area contributed by atoms with Crippen LogP contribution < -0.4 is 9.47 Å². The second-order valence-corrected chi connectivity index (χ2v) is 5.74. The number of ketones is 1. The number of allylic oxidation sites excluding steroid dienone is 1. The van der Waals surface area contributed by atoms with Gasteiger partial charge < -0.3 is 14.5 Å². The maximum Gasteiger partial charge on any atom is 0.206 e. The molecule has 132 valence electrons. The highest BCUT2D eigenvalue weighted by Gasteiger charge is 2.13. The summed E-state index contributed by atoms with van der Waals surface area (Å²) in [4.78, 5) is 20.2. The molecule has 0 aliphatic heterocycles. The Bertz CT molecular complexity index is 943. The number of carbonyl (C=O) groups excluding carboxylic acids is 1. The van der Waals surface area contributed by atoms with Crippen LogP contribution in [0.5, 0.6) is 11.5 Å². The van der Waals surface area contributed by atoms with Gasteiger partial charge in [-0.05, 0) is 30.7 Å². The van der Waals surface area contributed by atoms with Gasteiger partial charge in [-0.3, -0.25) is 4.79 Å². The molecule has 0 saturated carbocycles. The number of carbonyl (C=O) groups is 1. The third kappa shape index (κ3) is 3.67. The van der Waals surface area contributed by atoms with E-state index in [1.807, 2.05) is 49.4 Å². The summed E-state index contributed by atoms with van der Waals surface area (Å²) in [6.07, 6.45) is 3.25. The van der Waals surface area contributed by atoms with Gasteiger partial charge in [0.05, 0.1) is 14.2 Å². The maximum atomic E-state index is 12.5. The number of aromatic nitrogens is 2. The Kier molecular flexibility index (Phi) is 5.17. The first kappa shape index (κ1) is 17.5. The number of hydrogen-bond donors (Lipinski definition) is 1. The molecule has 0 fully saturated rings. The van der Waals surface area contributed by atoms with Crippen molar-refractivity contribution in [3.8, 4) is 22.9 Å². The third-order valence-electron chi connectivity index (χ3n) is 4.00. The number of H-pyrrole nitrogens is 1. The maximum absolute atomic E-state index is 12.5. The molecule has 5 heteroatoms. The summed E-state index contributed by atoms with van der Waals surface area (Å²) >= 11 is 0. The number of rotatable bonds is 6. The highest BCUT2D eigenvalue weighted by molar-refractivity contribution is 6.06. The summed E-state index contributed by atoms with van der Waals surface area (Å²) in [5.41, 5.74) is 2.94. The lowest BCUT2D eigenvalue weighted by Crippen LogP contribution is -1.97. The predicted molar refractivity (Wildman–Crippen MR) is 102 cm³/mol. The van der Waals surface area contributed by atoms with Gasteiger partial charge in [0.25, 0.3) is 0 Å². The van der Waals surface area contributed by atoms with Crippen molar-refractivity contribution in [2.24, 2.45) is 0 Å². The SMILES string of the molecule is COc1ccc(/C=C/C(=O)c2nc(-c3ccccc3)[nH]c2C)cc1OC. The molecule has 0 amide bonds. The highest BCUT2D eigenvalue weighted by atomic mass is 16.5. The molecular weight excluding hydrogens is 328 g/mol. The van der Waals surface area contributed by atoms with E-state index in [4.69, 9.17) is 9.47 Å². The molecule has 0 spiro atoms. The van der Waals surface area contributed by atoms with Crippen molar-refractivity contribution >= 4 is 11.9 Å². The molecule has 0 atom stereocenters. The van der Waals surface area contributed by atoms with Gasteiger partial charge in [0, 0.05) is 11.3 Å². The molecule has 2 aromatic carbocycles. The first-order valence-corrected chi connectivity index (χ1v) is 8.19. The first-order chi connectivity index (χ1) is 12.6. The largest absolute Gasteiger partial charge is 0.493 e. The number of aryl methyl sites for hydroxylation is 1. The summed E-state index contributed by atoms with van der Waals surface area (Å²) in [6, 6.07) is 15.2. The van der Waals surface area contributed by atoms with Crippen LogP contribution in [0, 0.1) is 6.92 Å². The van der Waals surface area contributed by atoms with Crippen LogP contribution in [0.4, 0.5) is 0 Å². The van der Waals surface area contributed by atoms with Crippen molar-refractivity contribution in [1.82, 2.24) is 9.97 Å². The smallest absolute Gasteiger partial charge is 0.206 e. The Labute approximate surface area is 152 Å². The van der Waals surface area contributed by atoms with E-state index in [1.165, 1.54) is 6.08 Å². The fourth-order valence-electron chi connectivity index (χ4n) is 2.64. The normalized spacial score (nSPS) is 10.9. The van der Waals surface area contributed by atoms with Gasteiger partial charge in [-0.2, -0.15) is 0 Å². The zero-order valence-electron chi connectivity index (χ0n) is 14.9. The third-order valence-corrected chi connectivity index (χ3v) is 4.00. The summed E-state index contributed by atoms with van der Waals surface area (Å²) in [5.74, 6) is 1.79. The van der Waals surface area contributed by atoms with Gasteiger partial charge in [0.1, 0.15) is 11.5 Å². The van der Waals surface area contributed by atoms with E-state index in [0.717, 1.165) is 16.8 Å². The molecule has 0 radical (unpaired) electrons. The zero-order valence-corrected chi connectivity index (χ0v) is 14.9. The molecule has 5 nitrogen and oxygen atoms in total. The summed E-state index contributed by atoms with van der Waals surface area (Å²) in [5, 5.41) is 0. The van der Waals surface area contributed by atoms with Crippen LogP contribution in [0.2, 0.25) is 0 Å². The fourth-order valence-corrected chi connectivity index (χ4v) is 2.64. The molecule has 1 aromatic heterocycles. The standard InChI is InChI=1S/C21H20N2O3/c1-14-20(23-21(22-14)16-7-5-4-6-8-16)17(24)11-9-15-10-12-18(25-2)19(13-15)26-3/h4-13H,1-3H3,(H,22,23)/b11-9+. The number of nitrogens with one attached hydrogen (secondary N) is 1. The van der Waals surface area contributed by atoms with Gasteiger partial charge in [-0.1, -0.05) is 42.5 Å². The van der Waals surface area contributed by atoms with Gasteiger partial charge >= 0.3 is 0 Å². The summed E-state index contributed by atoms with van der Waals surface area (Å²) in [7, 11) is 3.16. The fraction of sp³-hybridized carbons (Fsp3) is 0.143. The van der Waals surface area contributed by atoms with E-state index in [9.17, 15) is 4.79 Å². The average molecular weight is 348 g/mol. The first-order valence-electron chi connectivity index (χ1n) is 8.19. The van der Waals surface area contributed by atoms with Crippen LogP contribution in [-0.2, 0) is 0 Å². The quantitative estimate of drug-likeness (QED) is 0.533. The Balaban J connectivity index is 1.82. The van der Waals surface area contributed by atoms with Crippen LogP contribution in [-0.4, -0.2) is 30.0 Å². The number of aromatic amines is 1. The number of hydrogen-bond acceptors (Lipinski definition) is 4. The minimum Gasteiger partial charge on any atom is -0.493 e. The van der Waals surface area contributed by atoms with Crippen LogP contribution in [0.15, 0.2) is 54.6 Å². The monoisotopic (exact) mass is 348 g/mol. The van der Waals surface area contributed by atoms with Gasteiger partial charge in [0.15, 0.2) is 11.5 Å². The molecule has 3 rings (SSSR count). The van der Waals surface area contributed by atoms with Gasteiger partial charge in [-0.25, -0.2) is 4.98 Å². The van der Waals surface area contributed by atoms with Gasteiger partial charge in [0.2, 0.25) is 5.78 Å². The Morgan fingerprint density at radius 1 is 1.04 bits per heavy atom. The molecule has 0 saturated heterocycles. The summed E-state index contributed by atoms with van der Waals surface area (Å²) < 4.78 is 10.5. The minimum atomic E-state index is -0.157. The Hall–Kier alpha value is -3.34. The van der Waals surface area contributed by atoms with Crippen molar-refractivity contribution in [3.63, 3.8) is 0 Å².